The maximum absolute atomic E-state index is 12.5. The normalized spacial score (nSPS) is 11.4. The van der Waals surface area contributed by atoms with Gasteiger partial charge in [-0.3, -0.25) is 0 Å². The molecule has 98 valence electrons. The quantitative estimate of drug-likeness (QED) is 0.745. The Morgan fingerprint density at radius 2 is 1.95 bits per heavy atom. The summed E-state index contributed by atoms with van der Waals surface area (Å²) in [5.41, 5.74) is 0.558. The fourth-order valence-corrected chi connectivity index (χ4v) is 1.92. The molecule has 7 heteroatoms. The molecule has 0 aliphatic carbocycles. The fraction of sp³-hybridized carbons (Fsp3) is 0.333. The Labute approximate surface area is 152 Å². The van der Waals surface area contributed by atoms with Gasteiger partial charge in [-0.05, 0) is 31.1 Å². The number of aromatic nitrogens is 1. The van der Waals surface area contributed by atoms with E-state index in [1.54, 1.807) is 24.3 Å². The molecule has 0 aliphatic heterocycles. The molecule has 0 saturated carbocycles. The Morgan fingerprint density at radius 3 is 2.58 bits per heavy atom. The van der Waals surface area contributed by atoms with Crippen molar-refractivity contribution in [1.29, 1.82) is 0 Å². The smallest absolute Gasteiger partial charge is 0.493 e. The van der Waals surface area contributed by atoms with Crippen molar-refractivity contribution in [2.45, 2.75) is 19.8 Å². The van der Waals surface area contributed by atoms with Gasteiger partial charge in [0, 0.05) is 17.1 Å². The minimum Gasteiger partial charge on any atom is -0.493 e. The van der Waals surface area contributed by atoms with Crippen molar-refractivity contribution >= 4 is 17.9 Å². The fourth-order valence-electron chi connectivity index (χ4n) is 1.92. The molecule has 2 nitrogen and oxygen atoms in total. The summed E-state index contributed by atoms with van der Waals surface area (Å²) in [6.07, 6.45) is 1.40. The molecular formula is C12H14BF3KNO. The van der Waals surface area contributed by atoms with Gasteiger partial charge in [-0.15, -0.1) is 0 Å². The Morgan fingerprint density at radius 1 is 1.21 bits per heavy atom. The van der Waals surface area contributed by atoms with Crippen LogP contribution >= 0.6 is 0 Å². The van der Waals surface area contributed by atoms with Gasteiger partial charge in [0.2, 0.25) is 0 Å². The van der Waals surface area contributed by atoms with Gasteiger partial charge in [-0.25, -0.2) is 0 Å². The summed E-state index contributed by atoms with van der Waals surface area (Å²) >= 11 is 0. The van der Waals surface area contributed by atoms with E-state index in [0.717, 1.165) is 11.8 Å². The molecule has 0 fully saturated rings. The second-order valence-corrected chi connectivity index (χ2v) is 4.22. The third-order valence-electron chi connectivity index (χ3n) is 2.64. The molecule has 0 amide bonds. The minimum absolute atomic E-state index is 0. The monoisotopic (exact) mass is 295 g/mol. The molecule has 1 aromatic heterocycles. The van der Waals surface area contributed by atoms with Crippen LogP contribution in [0, 0.1) is 0 Å². The molecule has 1 aromatic carbocycles. The predicted molar refractivity (Wildman–Crippen MR) is 66.8 cm³/mol. The minimum atomic E-state index is -4.84. The van der Waals surface area contributed by atoms with Crippen LogP contribution in [0.1, 0.15) is 13.3 Å². The van der Waals surface area contributed by atoms with Gasteiger partial charge >= 0.3 is 58.4 Å². The summed E-state index contributed by atoms with van der Waals surface area (Å²) in [6.45, 7) is -2.29. The van der Waals surface area contributed by atoms with E-state index in [0.29, 0.717) is 17.9 Å². The third-order valence-corrected chi connectivity index (χ3v) is 2.64. The van der Waals surface area contributed by atoms with Gasteiger partial charge in [0.1, 0.15) is 5.75 Å². The van der Waals surface area contributed by atoms with Crippen molar-refractivity contribution in [2.24, 2.45) is 0 Å². The van der Waals surface area contributed by atoms with Gasteiger partial charge in [0.15, 0.2) is 0 Å². The van der Waals surface area contributed by atoms with Gasteiger partial charge in [0.25, 0.3) is 0 Å². The average Bonchev–Trinajstić information content (AvgIpc) is 2.68. The topological polar surface area (TPSA) is 14.2 Å². The van der Waals surface area contributed by atoms with Crippen LogP contribution in [-0.4, -0.2) is 18.2 Å². The van der Waals surface area contributed by atoms with Crippen LogP contribution in [-0.2, 0) is 6.44 Å². The first kappa shape index (κ1) is 17.1. The maximum Gasteiger partial charge on any atom is 1.00 e. The molecule has 0 spiro atoms. The maximum atomic E-state index is 12.5. The average molecular weight is 295 g/mol. The van der Waals surface area contributed by atoms with E-state index < -0.39 is 13.4 Å². The summed E-state index contributed by atoms with van der Waals surface area (Å²) in [5.74, 6) is 0.641. The second kappa shape index (κ2) is 7.17. The summed E-state index contributed by atoms with van der Waals surface area (Å²) in [6, 6.07) is 6.84. The number of benzene rings is 1. The summed E-state index contributed by atoms with van der Waals surface area (Å²) < 4.78 is 44.1. The molecule has 2 rings (SSSR count). The van der Waals surface area contributed by atoms with Crippen LogP contribution in [0.2, 0.25) is 0 Å². The van der Waals surface area contributed by atoms with E-state index in [4.69, 9.17) is 4.74 Å². The third kappa shape index (κ3) is 4.53. The van der Waals surface area contributed by atoms with E-state index in [2.05, 4.69) is 0 Å². The first-order valence-corrected chi connectivity index (χ1v) is 5.93. The van der Waals surface area contributed by atoms with E-state index in [1.807, 2.05) is 6.92 Å². The largest absolute Gasteiger partial charge is 1.00 e. The van der Waals surface area contributed by atoms with Crippen LogP contribution in [0.4, 0.5) is 12.9 Å². The molecular weight excluding hydrogens is 281 g/mol. The van der Waals surface area contributed by atoms with Gasteiger partial charge in [-0.1, -0.05) is 13.0 Å². The van der Waals surface area contributed by atoms with Crippen LogP contribution in [0.25, 0.3) is 10.9 Å². The van der Waals surface area contributed by atoms with Crippen molar-refractivity contribution in [3.8, 4) is 5.75 Å². The molecule has 19 heavy (non-hydrogen) atoms. The van der Waals surface area contributed by atoms with Crippen LogP contribution in [0.5, 0.6) is 5.75 Å². The molecule has 1 heterocycles. The Kier molecular flexibility index (Phi) is 6.46. The zero-order valence-corrected chi connectivity index (χ0v) is 14.2. The molecule has 0 bridgehead atoms. The summed E-state index contributed by atoms with van der Waals surface area (Å²) in [4.78, 5) is 0. The van der Waals surface area contributed by atoms with Crippen molar-refractivity contribution < 1.29 is 69.1 Å². The number of ether oxygens (including phenoxy) is 1. The van der Waals surface area contributed by atoms with Crippen LogP contribution in [0.3, 0.4) is 0 Å². The van der Waals surface area contributed by atoms with Crippen molar-refractivity contribution in [3.63, 3.8) is 0 Å². The predicted octanol–water partition coefficient (Wildman–Crippen LogP) is 0.821. The van der Waals surface area contributed by atoms with E-state index in [-0.39, 0.29) is 51.4 Å². The molecule has 0 atom stereocenters. The van der Waals surface area contributed by atoms with Gasteiger partial charge in [0.05, 0.1) is 6.61 Å². The van der Waals surface area contributed by atoms with E-state index in [1.165, 1.54) is 10.8 Å². The van der Waals surface area contributed by atoms with E-state index in [9.17, 15) is 12.9 Å². The number of hydrogen-bond acceptors (Lipinski definition) is 1. The molecule has 0 unspecified atom stereocenters. The standard InChI is InChI=1S/C12H14BF3NO.K/c1-2-8-18-12-5-3-4-11-10(12)6-7-17(11)9-13(14,15)16;/h3-7H,2,8-9H2,1H3;/q-1;+1. The summed E-state index contributed by atoms with van der Waals surface area (Å²) in [7, 11) is 0. The van der Waals surface area contributed by atoms with Crippen LogP contribution < -0.4 is 56.1 Å². The van der Waals surface area contributed by atoms with Gasteiger partial charge < -0.3 is 22.3 Å². The molecule has 0 radical (unpaired) electrons. The SMILES string of the molecule is CCCOc1cccc2c1ccn2C[B-](F)(F)F.[K+]. The first-order chi connectivity index (χ1) is 8.51. The number of halogens is 3. The number of hydrogen-bond donors (Lipinski definition) is 0. The zero-order chi connectivity index (χ0) is 13.2. The Bertz CT molecular complexity index is 541. The summed E-state index contributed by atoms with van der Waals surface area (Å²) in [5, 5.41) is 0.728. The molecule has 2 aromatic rings. The van der Waals surface area contributed by atoms with Crippen molar-refractivity contribution in [3.05, 3.63) is 30.5 Å². The van der Waals surface area contributed by atoms with Crippen molar-refractivity contribution in [2.75, 3.05) is 6.61 Å². The molecule has 0 N–H and O–H groups in total. The Hall–Kier alpha value is 0.0513. The first-order valence-electron chi connectivity index (χ1n) is 5.93. The van der Waals surface area contributed by atoms with Crippen molar-refractivity contribution in [1.82, 2.24) is 4.57 Å². The molecule has 0 aliphatic rings. The number of nitrogens with zero attached hydrogens (tertiary/aromatic N) is 1. The number of fused-ring (bicyclic) bond motifs is 1. The van der Waals surface area contributed by atoms with E-state index >= 15 is 0 Å². The van der Waals surface area contributed by atoms with Crippen LogP contribution in [0.15, 0.2) is 30.5 Å². The zero-order valence-electron chi connectivity index (χ0n) is 11.1. The second-order valence-electron chi connectivity index (χ2n) is 4.22. The number of rotatable bonds is 5. The van der Waals surface area contributed by atoms with Gasteiger partial charge in [-0.2, -0.15) is 0 Å². The Balaban J connectivity index is 0.00000180. The molecule has 0 saturated heterocycles.